The summed E-state index contributed by atoms with van der Waals surface area (Å²) in [4.78, 5) is 14.1. The number of nitrogens with one attached hydrogen (secondary N) is 1. The normalized spacial score (nSPS) is 19.5. The lowest BCUT2D eigenvalue weighted by atomic mass is 10.1. The molecule has 0 radical (unpaired) electrons. The van der Waals surface area contributed by atoms with Crippen LogP contribution in [0.25, 0.3) is 0 Å². The van der Waals surface area contributed by atoms with E-state index in [1.165, 1.54) is 0 Å². The largest absolute Gasteiger partial charge is 0.341 e. The fraction of sp³-hybridized carbons (Fsp3) is 0.692. The zero-order valence-corrected chi connectivity index (χ0v) is 11.4. The lowest BCUT2D eigenvalue weighted by Crippen LogP contribution is -2.33. The van der Waals surface area contributed by atoms with Gasteiger partial charge in [-0.1, -0.05) is 0 Å². The summed E-state index contributed by atoms with van der Waals surface area (Å²) in [5.41, 5.74) is 2.02. The summed E-state index contributed by atoms with van der Waals surface area (Å²) < 4.78 is 1.79. The Bertz CT molecular complexity index is 427. The molecule has 1 N–H and O–H groups in total. The lowest BCUT2D eigenvalue weighted by molar-refractivity contribution is -0.131. The first-order valence-corrected chi connectivity index (χ1v) is 6.53. The molecule has 1 aliphatic rings. The summed E-state index contributed by atoms with van der Waals surface area (Å²) in [7, 11) is 1.96. The zero-order valence-electron chi connectivity index (χ0n) is 11.4. The van der Waals surface area contributed by atoms with E-state index in [0.29, 0.717) is 12.5 Å². The Balaban J connectivity index is 1.91. The Hall–Kier alpha value is -1.36. The van der Waals surface area contributed by atoms with E-state index in [4.69, 9.17) is 0 Å². The van der Waals surface area contributed by atoms with Gasteiger partial charge in [-0.25, -0.2) is 0 Å². The summed E-state index contributed by atoms with van der Waals surface area (Å²) in [6, 6.07) is 2.00. The van der Waals surface area contributed by atoms with Gasteiger partial charge in [-0.05, 0) is 45.8 Å². The molecule has 0 aromatic carbocycles. The van der Waals surface area contributed by atoms with E-state index in [0.717, 1.165) is 37.4 Å². The van der Waals surface area contributed by atoms with E-state index in [2.05, 4.69) is 10.4 Å². The highest BCUT2D eigenvalue weighted by atomic mass is 16.2. The summed E-state index contributed by atoms with van der Waals surface area (Å²) >= 11 is 0. The van der Waals surface area contributed by atoms with Crippen LogP contribution in [-0.2, 0) is 11.3 Å². The highest BCUT2D eigenvalue weighted by Crippen LogP contribution is 2.16. The first kappa shape index (κ1) is 13.1. The maximum atomic E-state index is 12.2. The number of hydrogen-bond acceptors (Lipinski definition) is 3. The van der Waals surface area contributed by atoms with Gasteiger partial charge in [0.05, 0.1) is 5.69 Å². The zero-order chi connectivity index (χ0) is 13.1. The average Bonchev–Trinajstić information content (AvgIpc) is 2.87. The molecule has 100 valence electrons. The molecule has 0 aliphatic carbocycles. The molecule has 1 unspecified atom stereocenters. The Kier molecular flexibility index (Phi) is 4.01. The minimum absolute atomic E-state index is 0.180. The number of nitrogens with zero attached hydrogens (tertiary/aromatic N) is 3. The number of likely N-dealkylation sites (tertiary alicyclic amines) is 1. The maximum absolute atomic E-state index is 12.2. The van der Waals surface area contributed by atoms with Crippen LogP contribution in [0.5, 0.6) is 0 Å². The first-order chi connectivity index (χ1) is 8.60. The van der Waals surface area contributed by atoms with E-state index in [1.807, 2.05) is 31.9 Å². The van der Waals surface area contributed by atoms with Crippen molar-refractivity contribution >= 4 is 5.91 Å². The molecule has 2 heterocycles. The molecule has 2 rings (SSSR count). The van der Waals surface area contributed by atoms with Crippen molar-refractivity contribution in [2.24, 2.45) is 5.92 Å². The van der Waals surface area contributed by atoms with Crippen LogP contribution in [0.1, 0.15) is 17.8 Å². The van der Waals surface area contributed by atoms with Gasteiger partial charge in [0.25, 0.3) is 0 Å². The molecule has 5 nitrogen and oxygen atoms in total. The van der Waals surface area contributed by atoms with Gasteiger partial charge in [0.2, 0.25) is 5.91 Å². The average molecular weight is 250 g/mol. The number of carbonyl (C=O) groups excluding carboxylic acids is 1. The SMILES string of the molecule is CNCC1CCN(C(=O)Cn2nc(C)cc2C)C1. The van der Waals surface area contributed by atoms with Gasteiger partial charge >= 0.3 is 0 Å². The summed E-state index contributed by atoms with van der Waals surface area (Å²) in [5, 5.41) is 7.51. The second kappa shape index (κ2) is 5.52. The van der Waals surface area contributed by atoms with Gasteiger partial charge in [-0.3, -0.25) is 9.48 Å². The molecule has 18 heavy (non-hydrogen) atoms. The van der Waals surface area contributed by atoms with Gasteiger partial charge in [-0.2, -0.15) is 5.10 Å². The van der Waals surface area contributed by atoms with Crippen LogP contribution in [0.3, 0.4) is 0 Å². The molecule has 1 saturated heterocycles. The number of hydrogen-bond donors (Lipinski definition) is 1. The Labute approximate surface area is 108 Å². The maximum Gasteiger partial charge on any atom is 0.244 e. The van der Waals surface area contributed by atoms with Gasteiger partial charge in [0.1, 0.15) is 6.54 Å². The number of aryl methyl sites for hydroxylation is 2. The molecule has 1 aromatic rings. The smallest absolute Gasteiger partial charge is 0.244 e. The Morgan fingerprint density at radius 3 is 2.94 bits per heavy atom. The topological polar surface area (TPSA) is 50.2 Å². The predicted octanol–water partition coefficient (Wildman–Crippen LogP) is 0.568. The second-order valence-corrected chi connectivity index (χ2v) is 5.14. The van der Waals surface area contributed by atoms with Crippen LogP contribution in [0.4, 0.5) is 0 Å². The minimum Gasteiger partial charge on any atom is -0.341 e. The molecular formula is C13H22N4O. The molecule has 5 heteroatoms. The number of amides is 1. The van der Waals surface area contributed by atoms with Crippen molar-refractivity contribution in [2.75, 3.05) is 26.7 Å². The molecule has 1 atom stereocenters. The van der Waals surface area contributed by atoms with Crippen LogP contribution in [0, 0.1) is 19.8 Å². The quantitative estimate of drug-likeness (QED) is 0.850. The minimum atomic E-state index is 0.180. The predicted molar refractivity (Wildman–Crippen MR) is 70.3 cm³/mol. The van der Waals surface area contributed by atoms with Gasteiger partial charge in [0.15, 0.2) is 0 Å². The number of aromatic nitrogens is 2. The van der Waals surface area contributed by atoms with Crippen molar-refractivity contribution in [3.8, 4) is 0 Å². The summed E-state index contributed by atoms with van der Waals surface area (Å²) in [6.07, 6.45) is 1.10. The fourth-order valence-electron chi connectivity index (χ4n) is 2.58. The lowest BCUT2D eigenvalue weighted by Gasteiger charge is -2.17. The van der Waals surface area contributed by atoms with Crippen LogP contribution in [-0.4, -0.2) is 47.3 Å². The Morgan fingerprint density at radius 1 is 1.56 bits per heavy atom. The van der Waals surface area contributed by atoms with Crippen molar-refractivity contribution in [1.29, 1.82) is 0 Å². The van der Waals surface area contributed by atoms with Crippen LogP contribution in [0.2, 0.25) is 0 Å². The van der Waals surface area contributed by atoms with Crippen molar-refractivity contribution in [2.45, 2.75) is 26.8 Å². The van der Waals surface area contributed by atoms with Crippen LogP contribution < -0.4 is 5.32 Å². The van der Waals surface area contributed by atoms with Crippen molar-refractivity contribution in [1.82, 2.24) is 20.0 Å². The molecule has 1 fully saturated rings. The highest BCUT2D eigenvalue weighted by molar-refractivity contribution is 5.76. The third-order valence-electron chi connectivity index (χ3n) is 3.52. The van der Waals surface area contributed by atoms with Crippen molar-refractivity contribution in [3.05, 3.63) is 17.5 Å². The van der Waals surface area contributed by atoms with E-state index in [9.17, 15) is 4.79 Å². The molecular weight excluding hydrogens is 228 g/mol. The summed E-state index contributed by atoms with van der Waals surface area (Å²) in [6.45, 7) is 7.05. The first-order valence-electron chi connectivity index (χ1n) is 6.53. The molecule has 1 aliphatic heterocycles. The van der Waals surface area contributed by atoms with E-state index >= 15 is 0 Å². The molecule has 0 saturated carbocycles. The molecule has 0 bridgehead atoms. The van der Waals surface area contributed by atoms with Crippen molar-refractivity contribution < 1.29 is 4.79 Å². The van der Waals surface area contributed by atoms with Crippen LogP contribution in [0.15, 0.2) is 6.07 Å². The van der Waals surface area contributed by atoms with E-state index in [-0.39, 0.29) is 5.91 Å². The van der Waals surface area contributed by atoms with Crippen LogP contribution >= 0.6 is 0 Å². The molecule has 1 amide bonds. The van der Waals surface area contributed by atoms with Crippen molar-refractivity contribution in [3.63, 3.8) is 0 Å². The third-order valence-corrected chi connectivity index (χ3v) is 3.52. The standard InChI is InChI=1S/C13H22N4O/c1-10-6-11(2)17(15-10)9-13(18)16-5-4-12(8-16)7-14-3/h6,12,14H,4-5,7-9H2,1-3H3. The fourth-order valence-corrected chi connectivity index (χ4v) is 2.58. The molecule has 0 spiro atoms. The molecule has 1 aromatic heterocycles. The van der Waals surface area contributed by atoms with Gasteiger partial charge in [0, 0.05) is 18.8 Å². The highest BCUT2D eigenvalue weighted by Gasteiger charge is 2.25. The number of rotatable bonds is 4. The van der Waals surface area contributed by atoms with Gasteiger partial charge in [-0.15, -0.1) is 0 Å². The van der Waals surface area contributed by atoms with E-state index in [1.54, 1.807) is 4.68 Å². The van der Waals surface area contributed by atoms with E-state index < -0.39 is 0 Å². The summed E-state index contributed by atoms with van der Waals surface area (Å²) in [5.74, 6) is 0.777. The third kappa shape index (κ3) is 2.90. The second-order valence-electron chi connectivity index (χ2n) is 5.14. The monoisotopic (exact) mass is 250 g/mol. The van der Waals surface area contributed by atoms with Gasteiger partial charge < -0.3 is 10.2 Å². The Morgan fingerprint density at radius 2 is 2.33 bits per heavy atom. The number of carbonyl (C=O) groups is 1.